The van der Waals surface area contributed by atoms with Crippen LogP contribution in [0, 0.1) is 0 Å². The van der Waals surface area contributed by atoms with Crippen molar-refractivity contribution in [3.63, 3.8) is 0 Å². The van der Waals surface area contributed by atoms with Gasteiger partial charge in [0.1, 0.15) is 5.75 Å². The predicted molar refractivity (Wildman–Crippen MR) is 74.7 cm³/mol. The number of aliphatic hydroxyl groups is 1. The molecule has 0 saturated carbocycles. The van der Waals surface area contributed by atoms with Crippen molar-refractivity contribution in [1.29, 1.82) is 0 Å². The van der Waals surface area contributed by atoms with E-state index in [9.17, 15) is 10.2 Å². The Bertz CT molecular complexity index is 506. The van der Waals surface area contributed by atoms with E-state index in [2.05, 4.69) is 0 Å². The van der Waals surface area contributed by atoms with Crippen molar-refractivity contribution >= 4 is 11.8 Å². The molecule has 0 amide bonds. The van der Waals surface area contributed by atoms with Crippen LogP contribution in [0.5, 0.6) is 5.75 Å². The molecule has 0 aliphatic rings. The fraction of sp³-hybridized carbons (Fsp3) is 0.200. The molecule has 3 heteroatoms. The lowest BCUT2D eigenvalue weighted by atomic mass is 10.1. The van der Waals surface area contributed by atoms with Gasteiger partial charge in [-0.05, 0) is 42.3 Å². The summed E-state index contributed by atoms with van der Waals surface area (Å²) >= 11 is 1.71. The summed E-state index contributed by atoms with van der Waals surface area (Å²) in [4.78, 5) is 1.16. The van der Waals surface area contributed by atoms with Gasteiger partial charge in [0, 0.05) is 10.6 Å². The van der Waals surface area contributed by atoms with E-state index in [0.29, 0.717) is 5.75 Å². The number of hydrogen-bond acceptors (Lipinski definition) is 3. The van der Waals surface area contributed by atoms with Crippen LogP contribution in [-0.4, -0.2) is 10.2 Å². The molecule has 18 heavy (non-hydrogen) atoms. The molecule has 0 fully saturated rings. The number of phenolic OH excluding ortho intramolecular Hbond substituents is 1. The predicted octanol–water partition coefficient (Wildman–Crippen LogP) is 3.74. The lowest BCUT2D eigenvalue weighted by molar-refractivity contribution is 0.199. The van der Waals surface area contributed by atoms with Crippen LogP contribution in [-0.2, 0) is 5.75 Å². The van der Waals surface area contributed by atoms with Gasteiger partial charge in [-0.1, -0.05) is 24.3 Å². The molecule has 0 aliphatic carbocycles. The molecule has 0 saturated heterocycles. The molecule has 2 N–H and O–H groups in total. The average molecular weight is 260 g/mol. The quantitative estimate of drug-likeness (QED) is 0.823. The maximum absolute atomic E-state index is 9.42. The summed E-state index contributed by atoms with van der Waals surface area (Å²) in [5.41, 5.74) is 2.02. The van der Waals surface area contributed by atoms with Crippen LogP contribution in [0.1, 0.15) is 24.2 Å². The van der Waals surface area contributed by atoms with Gasteiger partial charge in [-0.3, -0.25) is 0 Å². The SMILES string of the molecule is CC(O)c1ccc(SCc2cccc(O)c2)cc1. The molecule has 1 atom stereocenters. The molecule has 0 radical (unpaired) electrons. The van der Waals surface area contributed by atoms with Gasteiger partial charge in [-0.25, -0.2) is 0 Å². The Morgan fingerprint density at radius 3 is 2.44 bits per heavy atom. The summed E-state index contributed by atoms with van der Waals surface area (Å²) in [6.07, 6.45) is -0.421. The molecule has 2 aromatic carbocycles. The maximum Gasteiger partial charge on any atom is 0.115 e. The lowest BCUT2D eigenvalue weighted by Gasteiger charge is -2.06. The largest absolute Gasteiger partial charge is 0.508 e. The first kappa shape index (κ1) is 13.0. The normalized spacial score (nSPS) is 12.3. The molecule has 2 nitrogen and oxygen atoms in total. The highest BCUT2D eigenvalue weighted by atomic mass is 32.2. The van der Waals surface area contributed by atoms with E-state index in [1.807, 2.05) is 36.4 Å². The zero-order valence-electron chi connectivity index (χ0n) is 10.2. The zero-order valence-corrected chi connectivity index (χ0v) is 11.0. The summed E-state index contributed by atoms with van der Waals surface area (Å²) in [6.45, 7) is 1.76. The van der Waals surface area contributed by atoms with Crippen LogP contribution in [0.25, 0.3) is 0 Å². The molecule has 0 aliphatic heterocycles. The number of rotatable bonds is 4. The molecule has 0 aromatic heterocycles. The molecule has 0 bridgehead atoms. The minimum atomic E-state index is -0.421. The summed E-state index contributed by atoms with van der Waals surface area (Å²) in [7, 11) is 0. The molecule has 0 spiro atoms. The van der Waals surface area contributed by atoms with Crippen LogP contribution in [0.15, 0.2) is 53.4 Å². The first-order valence-electron chi connectivity index (χ1n) is 5.84. The number of benzene rings is 2. The molecule has 2 rings (SSSR count). The van der Waals surface area contributed by atoms with E-state index < -0.39 is 6.10 Å². The Labute approximate surface area is 111 Å². The van der Waals surface area contributed by atoms with Crippen LogP contribution in [0.4, 0.5) is 0 Å². The van der Waals surface area contributed by atoms with Crippen molar-refractivity contribution in [1.82, 2.24) is 0 Å². The second-order valence-corrected chi connectivity index (χ2v) is 5.25. The second kappa shape index (κ2) is 5.94. The molecule has 94 valence electrons. The van der Waals surface area contributed by atoms with Gasteiger partial charge in [-0.15, -0.1) is 11.8 Å². The standard InChI is InChI=1S/C15H16O2S/c1-11(16)13-5-7-15(8-6-13)18-10-12-3-2-4-14(17)9-12/h2-9,11,16-17H,10H2,1H3. The molecular formula is C15H16O2S. The minimum absolute atomic E-state index is 0.303. The van der Waals surface area contributed by atoms with Crippen molar-refractivity contribution in [2.75, 3.05) is 0 Å². The van der Waals surface area contributed by atoms with E-state index in [1.54, 1.807) is 30.8 Å². The fourth-order valence-corrected chi connectivity index (χ4v) is 2.50. The van der Waals surface area contributed by atoms with Gasteiger partial charge in [0.15, 0.2) is 0 Å². The first-order chi connectivity index (χ1) is 8.65. The van der Waals surface area contributed by atoms with E-state index in [4.69, 9.17) is 0 Å². The number of thioether (sulfide) groups is 1. The van der Waals surface area contributed by atoms with E-state index in [1.165, 1.54) is 0 Å². The maximum atomic E-state index is 9.42. The van der Waals surface area contributed by atoms with Gasteiger partial charge in [0.05, 0.1) is 6.10 Å². The van der Waals surface area contributed by atoms with Crippen LogP contribution in [0.3, 0.4) is 0 Å². The number of phenols is 1. The second-order valence-electron chi connectivity index (χ2n) is 4.20. The summed E-state index contributed by atoms with van der Waals surface area (Å²) in [5, 5.41) is 18.8. The van der Waals surface area contributed by atoms with Crippen LogP contribution in [0.2, 0.25) is 0 Å². The third-order valence-electron chi connectivity index (χ3n) is 2.68. The Kier molecular flexibility index (Phi) is 4.28. The Morgan fingerprint density at radius 1 is 1.11 bits per heavy atom. The third-order valence-corrected chi connectivity index (χ3v) is 3.76. The van der Waals surface area contributed by atoms with E-state index in [0.717, 1.165) is 21.8 Å². The topological polar surface area (TPSA) is 40.5 Å². The highest BCUT2D eigenvalue weighted by Gasteiger charge is 2.01. The minimum Gasteiger partial charge on any atom is -0.508 e. The van der Waals surface area contributed by atoms with Gasteiger partial charge in [0.2, 0.25) is 0 Å². The Hall–Kier alpha value is -1.45. The summed E-state index contributed by atoms with van der Waals surface area (Å²) in [5.74, 6) is 1.13. The van der Waals surface area contributed by atoms with Crippen molar-refractivity contribution in [3.05, 3.63) is 59.7 Å². The molecule has 1 unspecified atom stereocenters. The number of hydrogen-bond donors (Lipinski definition) is 2. The van der Waals surface area contributed by atoms with Crippen molar-refractivity contribution in [2.45, 2.75) is 23.7 Å². The molecular weight excluding hydrogens is 244 g/mol. The first-order valence-corrected chi connectivity index (χ1v) is 6.82. The zero-order chi connectivity index (χ0) is 13.0. The van der Waals surface area contributed by atoms with E-state index >= 15 is 0 Å². The molecule has 0 heterocycles. The van der Waals surface area contributed by atoms with Gasteiger partial charge in [0.25, 0.3) is 0 Å². The highest BCUT2D eigenvalue weighted by Crippen LogP contribution is 2.25. The van der Waals surface area contributed by atoms with Crippen LogP contribution < -0.4 is 0 Å². The Balaban J connectivity index is 1.98. The summed E-state index contributed by atoms with van der Waals surface area (Å²) in [6, 6.07) is 15.2. The number of aliphatic hydroxyl groups excluding tert-OH is 1. The van der Waals surface area contributed by atoms with Gasteiger partial charge in [-0.2, -0.15) is 0 Å². The fourth-order valence-electron chi connectivity index (χ4n) is 1.66. The Morgan fingerprint density at radius 2 is 1.83 bits per heavy atom. The number of aromatic hydroxyl groups is 1. The highest BCUT2D eigenvalue weighted by molar-refractivity contribution is 7.98. The summed E-state index contributed by atoms with van der Waals surface area (Å²) < 4.78 is 0. The van der Waals surface area contributed by atoms with Gasteiger partial charge < -0.3 is 10.2 Å². The smallest absolute Gasteiger partial charge is 0.115 e. The van der Waals surface area contributed by atoms with E-state index in [-0.39, 0.29) is 0 Å². The third kappa shape index (κ3) is 3.52. The van der Waals surface area contributed by atoms with Crippen LogP contribution >= 0.6 is 11.8 Å². The van der Waals surface area contributed by atoms with Crippen molar-refractivity contribution in [2.24, 2.45) is 0 Å². The molecule has 2 aromatic rings. The van der Waals surface area contributed by atoms with Crippen molar-refractivity contribution < 1.29 is 10.2 Å². The lowest BCUT2D eigenvalue weighted by Crippen LogP contribution is -1.89. The average Bonchev–Trinajstić information content (AvgIpc) is 2.37. The van der Waals surface area contributed by atoms with Gasteiger partial charge >= 0.3 is 0 Å². The monoisotopic (exact) mass is 260 g/mol. The van der Waals surface area contributed by atoms with Crippen molar-refractivity contribution in [3.8, 4) is 5.75 Å².